The highest BCUT2D eigenvalue weighted by Gasteiger charge is 2.32. The predicted octanol–water partition coefficient (Wildman–Crippen LogP) is 3.15. The quantitative estimate of drug-likeness (QED) is 0.593. The number of alkyl halides is 3. The van der Waals surface area contributed by atoms with Gasteiger partial charge in [0.1, 0.15) is 5.75 Å². The molecule has 0 saturated carbocycles. The Labute approximate surface area is 119 Å². The first kappa shape index (κ1) is 17.1. The van der Waals surface area contributed by atoms with Crippen LogP contribution in [0.25, 0.3) is 0 Å². The molecule has 0 amide bonds. The zero-order chi connectivity index (χ0) is 15.4. The van der Waals surface area contributed by atoms with Crippen LogP contribution in [0.5, 0.6) is 5.75 Å². The number of aryl methyl sites for hydroxylation is 1. The van der Waals surface area contributed by atoms with E-state index in [1.807, 2.05) is 0 Å². The van der Waals surface area contributed by atoms with Gasteiger partial charge in [0.25, 0.3) is 10.1 Å². The molecule has 0 aromatic heterocycles. The van der Waals surface area contributed by atoms with E-state index in [1.165, 1.54) is 12.1 Å². The Kier molecular flexibility index (Phi) is 5.67. The van der Waals surface area contributed by atoms with Crippen molar-refractivity contribution < 1.29 is 30.5 Å². The van der Waals surface area contributed by atoms with Crippen molar-refractivity contribution in [2.75, 3.05) is 12.9 Å². The maximum Gasteiger partial charge on any atom is 0.573 e. The van der Waals surface area contributed by atoms with Crippen molar-refractivity contribution in [3.8, 4) is 5.75 Å². The molecule has 0 atom stereocenters. The van der Waals surface area contributed by atoms with Gasteiger partial charge in [0.05, 0.1) is 12.9 Å². The van der Waals surface area contributed by atoms with Crippen molar-refractivity contribution in [2.45, 2.75) is 19.2 Å². The maximum absolute atomic E-state index is 12.2. The van der Waals surface area contributed by atoms with Gasteiger partial charge in [-0.05, 0) is 36.6 Å². The Balaban J connectivity index is 2.70. The molecule has 0 saturated heterocycles. The summed E-state index contributed by atoms with van der Waals surface area (Å²) in [4.78, 5) is 0. The van der Waals surface area contributed by atoms with Gasteiger partial charge < -0.3 is 4.74 Å². The van der Waals surface area contributed by atoms with Crippen molar-refractivity contribution in [3.05, 3.63) is 28.8 Å². The van der Waals surface area contributed by atoms with Gasteiger partial charge in [-0.15, -0.1) is 13.2 Å². The summed E-state index contributed by atoms with van der Waals surface area (Å²) in [6, 6.07) is 3.73. The van der Waals surface area contributed by atoms with Gasteiger partial charge in [-0.1, -0.05) is 11.6 Å². The van der Waals surface area contributed by atoms with Crippen LogP contribution >= 0.6 is 11.6 Å². The van der Waals surface area contributed by atoms with Crippen molar-refractivity contribution >= 4 is 21.7 Å². The van der Waals surface area contributed by atoms with Crippen LogP contribution < -0.4 is 4.74 Å². The molecule has 0 heterocycles. The summed E-state index contributed by atoms with van der Waals surface area (Å²) in [5.74, 6) is -0.360. The van der Waals surface area contributed by atoms with Gasteiger partial charge in [-0.2, -0.15) is 8.42 Å². The standard InChI is InChI=1S/C11H12ClF3O4S/c1-20(16,17)18-6-2-3-8-7-9(12)4-5-10(8)19-11(13,14)15/h4-5,7H,2-3,6H2,1H3. The molecule has 1 rings (SSSR count). The molecule has 0 fully saturated rings. The smallest absolute Gasteiger partial charge is 0.406 e. The van der Waals surface area contributed by atoms with Crippen molar-refractivity contribution in [3.63, 3.8) is 0 Å². The fraction of sp³-hybridized carbons (Fsp3) is 0.455. The third-order valence-corrected chi connectivity index (χ3v) is 2.97. The predicted molar refractivity (Wildman–Crippen MR) is 67.3 cm³/mol. The van der Waals surface area contributed by atoms with E-state index in [2.05, 4.69) is 8.92 Å². The second-order valence-electron chi connectivity index (χ2n) is 3.93. The Bertz CT molecular complexity index is 557. The summed E-state index contributed by atoms with van der Waals surface area (Å²) in [5, 5.41) is 0.263. The fourth-order valence-corrected chi connectivity index (χ4v) is 2.06. The number of hydrogen-bond acceptors (Lipinski definition) is 4. The molecular weight excluding hydrogens is 321 g/mol. The molecule has 4 nitrogen and oxygen atoms in total. The molecule has 1 aromatic rings. The van der Waals surface area contributed by atoms with E-state index in [4.69, 9.17) is 11.6 Å². The average molecular weight is 333 g/mol. The highest BCUT2D eigenvalue weighted by Crippen LogP contribution is 2.29. The van der Waals surface area contributed by atoms with E-state index in [0.29, 0.717) is 0 Å². The number of rotatable bonds is 6. The maximum atomic E-state index is 12.2. The molecule has 0 aliphatic heterocycles. The van der Waals surface area contributed by atoms with Gasteiger partial charge in [-0.3, -0.25) is 4.18 Å². The summed E-state index contributed by atoms with van der Waals surface area (Å²) >= 11 is 5.71. The minimum atomic E-state index is -4.80. The van der Waals surface area contributed by atoms with E-state index in [-0.39, 0.29) is 35.8 Å². The third-order valence-electron chi connectivity index (χ3n) is 2.14. The Morgan fingerprint density at radius 1 is 1.30 bits per heavy atom. The first-order valence-corrected chi connectivity index (χ1v) is 7.65. The lowest BCUT2D eigenvalue weighted by atomic mass is 10.1. The van der Waals surface area contributed by atoms with Gasteiger partial charge in [0.15, 0.2) is 0 Å². The van der Waals surface area contributed by atoms with Gasteiger partial charge in [0, 0.05) is 5.02 Å². The molecule has 0 N–H and O–H groups in total. The highest BCUT2D eigenvalue weighted by atomic mass is 35.5. The van der Waals surface area contributed by atoms with E-state index < -0.39 is 16.5 Å². The van der Waals surface area contributed by atoms with E-state index >= 15 is 0 Å². The summed E-state index contributed by atoms with van der Waals surface area (Å²) in [5.41, 5.74) is 0.229. The fourth-order valence-electron chi connectivity index (χ4n) is 1.44. The highest BCUT2D eigenvalue weighted by molar-refractivity contribution is 7.85. The Morgan fingerprint density at radius 3 is 2.50 bits per heavy atom. The summed E-state index contributed by atoms with van der Waals surface area (Å²) in [6.07, 6.45) is -3.56. The topological polar surface area (TPSA) is 52.6 Å². The van der Waals surface area contributed by atoms with Gasteiger partial charge in [-0.25, -0.2) is 0 Å². The minimum absolute atomic E-state index is 0.128. The first-order valence-electron chi connectivity index (χ1n) is 5.45. The first-order chi connectivity index (χ1) is 9.07. The molecular formula is C11H12ClF3O4S. The SMILES string of the molecule is CS(=O)(=O)OCCCc1cc(Cl)ccc1OC(F)(F)F. The second kappa shape index (κ2) is 6.64. The molecule has 20 heavy (non-hydrogen) atoms. The van der Waals surface area contributed by atoms with Crippen LogP contribution in [0.2, 0.25) is 5.02 Å². The molecule has 0 radical (unpaired) electrons. The zero-order valence-corrected chi connectivity index (χ0v) is 12.0. The number of halogens is 4. The largest absolute Gasteiger partial charge is 0.573 e. The van der Waals surface area contributed by atoms with E-state index in [1.54, 1.807) is 0 Å². The Morgan fingerprint density at radius 2 is 1.95 bits per heavy atom. The van der Waals surface area contributed by atoms with Crippen LogP contribution in [-0.4, -0.2) is 27.6 Å². The van der Waals surface area contributed by atoms with Crippen LogP contribution in [0.1, 0.15) is 12.0 Å². The Hall–Kier alpha value is -0.990. The van der Waals surface area contributed by atoms with Gasteiger partial charge in [0.2, 0.25) is 0 Å². The molecule has 9 heteroatoms. The lowest BCUT2D eigenvalue weighted by Gasteiger charge is -2.13. The molecule has 114 valence electrons. The van der Waals surface area contributed by atoms with E-state index in [9.17, 15) is 21.6 Å². The van der Waals surface area contributed by atoms with E-state index in [0.717, 1.165) is 12.3 Å². The molecule has 0 aliphatic carbocycles. The number of hydrogen-bond donors (Lipinski definition) is 0. The molecule has 0 spiro atoms. The molecule has 1 aromatic carbocycles. The zero-order valence-electron chi connectivity index (χ0n) is 10.4. The normalized spacial score (nSPS) is 12.4. The van der Waals surface area contributed by atoms with Gasteiger partial charge >= 0.3 is 6.36 Å². The van der Waals surface area contributed by atoms with Crippen LogP contribution in [-0.2, 0) is 20.7 Å². The minimum Gasteiger partial charge on any atom is -0.406 e. The molecule has 0 aliphatic rings. The van der Waals surface area contributed by atoms with Crippen LogP contribution in [0, 0.1) is 0 Å². The van der Waals surface area contributed by atoms with Crippen molar-refractivity contribution in [1.29, 1.82) is 0 Å². The van der Waals surface area contributed by atoms with Crippen LogP contribution in [0.15, 0.2) is 18.2 Å². The van der Waals surface area contributed by atoms with Crippen molar-refractivity contribution in [1.82, 2.24) is 0 Å². The van der Waals surface area contributed by atoms with Crippen LogP contribution in [0.3, 0.4) is 0 Å². The van der Waals surface area contributed by atoms with Crippen molar-refractivity contribution in [2.24, 2.45) is 0 Å². The summed E-state index contributed by atoms with van der Waals surface area (Å²) < 4.78 is 66.5. The summed E-state index contributed by atoms with van der Waals surface area (Å²) in [6.45, 7) is -0.128. The number of benzene rings is 1. The van der Waals surface area contributed by atoms with Crippen LogP contribution in [0.4, 0.5) is 13.2 Å². The summed E-state index contributed by atoms with van der Waals surface area (Å²) in [7, 11) is -3.56. The number of ether oxygens (including phenoxy) is 1. The monoisotopic (exact) mass is 332 g/mol. The molecule has 0 bridgehead atoms. The lowest BCUT2D eigenvalue weighted by molar-refractivity contribution is -0.274. The lowest BCUT2D eigenvalue weighted by Crippen LogP contribution is -2.18. The third kappa shape index (κ3) is 6.97. The molecule has 0 unspecified atom stereocenters. The average Bonchev–Trinajstić information content (AvgIpc) is 2.25. The second-order valence-corrected chi connectivity index (χ2v) is 6.01.